The first-order valence-corrected chi connectivity index (χ1v) is 3.83. The maximum atomic E-state index is 9.87. The van der Waals surface area contributed by atoms with Crippen LogP contribution in [0.1, 0.15) is 6.42 Å². The SMILES string of the molecule is O=S(=O)(O)NCCCO. The highest BCUT2D eigenvalue weighted by atomic mass is 32.2. The maximum absolute atomic E-state index is 9.87. The molecule has 56 valence electrons. The van der Waals surface area contributed by atoms with Crippen LogP contribution in [0.3, 0.4) is 0 Å². The van der Waals surface area contributed by atoms with Gasteiger partial charge in [-0.1, -0.05) is 0 Å². The van der Waals surface area contributed by atoms with Crippen LogP contribution in [0.25, 0.3) is 0 Å². The number of rotatable bonds is 4. The molecule has 0 spiro atoms. The van der Waals surface area contributed by atoms with Gasteiger partial charge in [-0.3, -0.25) is 4.55 Å². The van der Waals surface area contributed by atoms with E-state index >= 15 is 0 Å². The predicted octanol–water partition coefficient (Wildman–Crippen LogP) is -1.24. The molecule has 0 radical (unpaired) electrons. The van der Waals surface area contributed by atoms with E-state index in [1.807, 2.05) is 0 Å². The minimum Gasteiger partial charge on any atom is -0.396 e. The molecule has 0 saturated carbocycles. The summed E-state index contributed by atoms with van der Waals surface area (Å²) in [6, 6.07) is 0. The topological polar surface area (TPSA) is 86.6 Å². The molecule has 0 aromatic carbocycles. The van der Waals surface area contributed by atoms with Crippen molar-refractivity contribution in [3.05, 3.63) is 0 Å². The molecule has 0 atom stereocenters. The molecule has 0 rings (SSSR count). The molecular weight excluding hydrogens is 146 g/mol. The van der Waals surface area contributed by atoms with Crippen LogP contribution in [0.15, 0.2) is 0 Å². The predicted molar refractivity (Wildman–Crippen MR) is 31.3 cm³/mol. The Hall–Kier alpha value is -0.170. The molecule has 0 bridgehead atoms. The number of aliphatic hydroxyl groups is 1. The van der Waals surface area contributed by atoms with Crippen molar-refractivity contribution in [1.29, 1.82) is 0 Å². The van der Waals surface area contributed by atoms with Crippen molar-refractivity contribution in [2.45, 2.75) is 6.42 Å². The number of nitrogens with one attached hydrogen (secondary N) is 1. The minimum absolute atomic E-state index is 0.0648. The highest BCUT2D eigenvalue weighted by Gasteiger charge is 1.98. The molecule has 0 saturated heterocycles. The maximum Gasteiger partial charge on any atom is 0.333 e. The second kappa shape index (κ2) is 3.78. The summed E-state index contributed by atoms with van der Waals surface area (Å²) in [6.07, 6.45) is 0.305. The molecule has 0 unspecified atom stereocenters. The summed E-state index contributed by atoms with van der Waals surface area (Å²) in [7, 11) is -4.06. The van der Waals surface area contributed by atoms with Gasteiger partial charge in [0.15, 0.2) is 0 Å². The molecule has 0 amide bonds. The average Bonchev–Trinajstić information content (AvgIpc) is 1.63. The third kappa shape index (κ3) is 7.83. The van der Waals surface area contributed by atoms with Crippen LogP contribution in [0.2, 0.25) is 0 Å². The largest absolute Gasteiger partial charge is 0.396 e. The van der Waals surface area contributed by atoms with E-state index < -0.39 is 10.3 Å². The van der Waals surface area contributed by atoms with E-state index in [1.54, 1.807) is 4.72 Å². The van der Waals surface area contributed by atoms with Crippen LogP contribution in [-0.2, 0) is 10.3 Å². The molecule has 0 heterocycles. The smallest absolute Gasteiger partial charge is 0.333 e. The van der Waals surface area contributed by atoms with Gasteiger partial charge >= 0.3 is 10.3 Å². The van der Waals surface area contributed by atoms with Gasteiger partial charge < -0.3 is 5.11 Å². The third-order valence-electron chi connectivity index (χ3n) is 0.619. The van der Waals surface area contributed by atoms with Gasteiger partial charge in [0.25, 0.3) is 0 Å². The zero-order valence-corrected chi connectivity index (χ0v) is 5.56. The Morgan fingerprint density at radius 2 is 2.00 bits per heavy atom. The second-order valence-electron chi connectivity index (χ2n) is 1.45. The van der Waals surface area contributed by atoms with E-state index in [0.717, 1.165) is 0 Å². The second-order valence-corrected chi connectivity index (χ2v) is 2.69. The number of hydrogen-bond acceptors (Lipinski definition) is 3. The van der Waals surface area contributed by atoms with Crippen LogP contribution in [0, 0.1) is 0 Å². The Labute approximate surface area is 53.6 Å². The van der Waals surface area contributed by atoms with Gasteiger partial charge in [0.1, 0.15) is 0 Å². The quantitative estimate of drug-likeness (QED) is 0.350. The van der Waals surface area contributed by atoms with Crippen LogP contribution in [0.4, 0.5) is 0 Å². The van der Waals surface area contributed by atoms with E-state index in [-0.39, 0.29) is 13.2 Å². The minimum atomic E-state index is -4.06. The van der Waals surface area contributed by atoms with Gasteiger partial charge in [-0.15, -0.1) is 0 Å². The lowest BCUT2D eigenvalue weighted by atomic mass is 10.5. The Morgan fingerprint density at radius 1 is 1.44 bits per heavy atom. The van der Waals surface area contributed by atoms with Crippen LogP contribution >= 0.6 is 0 Å². The van der Waals surface area contributed by atoms with Crippen molar-refractivity contribution in [3.63, 3.8) is 0 Å². The van der Waals surface area contributed by atoms with Crippen LogP contribution in [-0.4, -0.2) is 31.2 Å². The fraction of sp³-hybridized carbons (Fsp3) is 1.00. The highest BCUT2D eigenvalue weighted by Crippen LogP contribution is 1.75. The molecule has 0 aliphatic carbocycles. The highest BCUT2D eigenvalue weighted by molar-refractivity contribution is 7.83. The van der Waals surface area contributed by atoms with Crippen molar-refractivity contribution < 1.29 is 18.1 Å². The standard InChI is InChI=1S/C3H9NO4S/c5-3-1-2-4-9(6,7)8/h4-5H,1-3H2,(H,6,7,8). The molecule has 0 aromatic rings. The zero-order valence-electron chi connectivity index (χ0n) is 4.74. The van der Waals surface area contributed by atoms with Gasteiger partial charge in [-0.25, -0.2) is 0 Å². The lowest BCUT2D eigenvalue weighted by molar-refractivity contribution is 0.288. The Kier molecular flexibility index (Phi) is 3.71. The van der Waals surface area contributed by atoms with Crippen molar-refractivity contribution in [1.82, 2.24) is 4.72 Å². The van der Waals surface area contributed by atoms with Gasteiger partial charge in [0.2, 0.25) is 0 Å². The zero-order chi connectivity index (χ0) is 7.33. The van der Waals surface area contributed by atoms with Crippen molar-refractivity contribution in [2.75, 3.05) is 13.2 Å². The molecule has 0 aliphatic rings. The van der Waals surface area contributed by atoms with E-state index in [2.05, 4.69) is 0 Å². The summed E-state index contributed by atoms with van der Waals surface area (Å²) in [6.45, 7) is -0.0299. The summed E-state index contributed by atoms with van der Waals surface area (Å²) in [5.41, 5.74) is 0. The molecule has 6 heteroatoms. The first-order chi connectivity index (χ1) is 4.06. The fourth-order valence-corrected chi connectivity index (χ4v) is 0.682. The summed E-state index contributed by atoms with van der Waals surface area (Å²) in [4.78, 5) is 0. The summed E-state index contributed by atoms with van der Waals surface area (Å²) in [5.74, 6) is 0. The van der Waals surface area contributed by atoms with Crippen LogP contribution < -0.4 is 4.72 Å². The third-order valence-corrected chi connectivity index (χ3v) is 1.19. The number of aliphatic hydroxyl groups excluding tert-OH is 1. The molecule has 3 N–H and O–H groups in total. The molecule has 0 aliphatic heterocycles. The van der Waals surface area contributed by atoms with Crippen molar-refractivity contribution in [2.24, 2.45) is 0 Å². The first-order valence-electron chi connectivity index (χ1n) is 2.39. The van der Waals surface area contributed by atoms with Gasteiger partial charge in [-0.2, -0.15) is 13.1 Å². The first kappa shape index (κ1) is 8.83. The normalized spacial score (nSPS) is 11.8. The summed E-state index contributed by atoms with van der Waals surface area (Å²) in [5, 5.41) is 8.15. The van der Waals surface area contributed by atoms with E-state index in [4.69, 9.17) is 9.66 Å². The summed E-state index contributed by atoms with van der Waals surface area (Å²) >= 11 is 0. The summed E-state index contributed by atoms with van der Waals surface area (Å²) < 4.78 is 29.6. The van der Waals surface area contributed by atoms with E-state index in [9.17, 15) is 8.42 Å². The van der Waals surface area contributed by atoms with Gasteiger partial charge in [0, 0.05) is 13.2 Å². The lowest BCUT2D eigenvalue weighted by Gasteiger charge is -1.95. The van der Waals surface area contributed by atoms with E-state index in [1.165, 1.54) is 0 Å². The fourth-order valence-electron chi connectivity index (χ4n) is 0.280. The Morgan fingerprint density at radius 3 is 2.33 bits per heavy atom. The molecule has 9 heavy (non-hydrogen) atoms. The number of hydrogen-bond donors (Lipinski definition) is 3. The van der Waals surface area contributed by atoms with Gasteiger partial charge in [0.05, 0.1) is 0 Å². The molecule has 0 fully saturated rings. The Balaban J connectivity index is 3.30. The van der Waals surface area contributed by atoms with Crippen LogP contribution in [0.5, 0.6) is 0 Å². The lowest BCUT2D eigenvalue weighted by Crippen LogP contribution is -2.23. The van der Waals surface area contributed by atoms with Crippen molar-refractivity contribution in [3.8, 4) is 0 Å². The Bertz CT molecular complexity index is 151. The molecule has 5 nitrogen and oxygen atoms in total. The molecular formula is C3H9NO4S. The van der Waals surface area contributed by atoms with Gasteiger partial charge in [-0.05, 0) is 6.42 Å². The van der Waals surface area contributed by atoms with E-state index in [0.29, 0.717) is 6.42 Å². The van der Waals surface area contributed by atoms with Crippen molar-refractivity contribution >= 4 is 10.3 Å². The molecule has 0 aromatic heterocycles. The monoisotopic (exact) mass is 155 g/mol. The average molecular weight is 155 g/mol.